The Hall–Kier alpha value is -0.610. The van der Waals surface area contributed by atoms with Crippen LogP contribution in [-0.2, 0) is 13.0 Å². The highest BCUT2D eigenvalue weighted by Gasteiger charge is 2.24. The number of anilines is 1. The molecule has 0 radical (unpaired) electrons. The van der Waals surface area contributed by atoms with Crippen LogP contribution < -0.4 is 10.6 Å². The van der Waals surface area contributed by atoms with Crippen LogP contribution in [0.4, 0.5) is 5.13 Å². The van der Waals surface area contributed by atoms with Crippen LogP contribution >= 0.6 is 11.3 Å². The van der Waals surface area contributed by atoms with E-state index in [1.165, 1.54) is 48.1 Å². The molecule has 1 aliphatic rings. The number of aromatic nitrogens is 1. The van der Waals surface area contributed by atoms with Gasteiger partial charge in [-0.25, -0.2) is 4.98 Å². The second-order valence-electron chi connectivity index (χ2n) is 4.81. The van der Waals surface area contributed by atoms with Gasteiger partial charge in [-0.15, -0.1) is 11.3 Å². The molecule has 1 fully saturated rings. The molecule has 1 aromatic heterocycles. The maximum absolute atomic E-state index is 5.77. The van der Waals surface area contributed by atoms with Crippen molar-refractivity contribution >= 4 is 16.5 Å². The molecule has 1 aliphatic heterocycles. The van der Waals surface area contributed by atoms with E-state index in [0.29, 0.717) is 6.54 Å². The molecule has 1 atom stereocenters. The van der Waals surface area contributed by atoms with Crippen LogP contribution in [0.1, 0.15) is 43.7 Å². The number of hydrogen-bond donors (Lipinski definition) is 1. The topological polar surface area (TPSA) is 42.2 Å². The lowest BCUT2D eigenvalue weighted by Crippen LogP contribution is -2.19. The van der Waals surface area contributed by atoms with Crippen molar-refractivity contribution in [3.63, 3.8) is 0 Å². The van der Waals surface area contributed by atoms with Crippen LogP contribution in [0.5, 0.6) is 0 Å². The van der Waals surface area contributed by atoms with Gasteiger partial charge in [-0.3, -0.25) is 0 Å². The van der Waals surface area contributed by atoms with E-state index in [4.69, 9.17) is 10.7 Å². The first-order valence-electron chi connectivity index (χ1n) is 6.72. The van der Waals surface area contributed by atoms with Crippen LogP contribution in [0.25, 0.3) is 0 Å². The lowest BCUT2D eigenvalue weighted by atomic mass is 10.0. The van der Waals surface area contributed by atoms with Gasteiger partial charge in [-0.2, -0.15) is 0 Å². The number of thiazole rings is 1. The Morgan fingerprint density at radius 3 is 2.88 bits per heavy atom. The summed E-state index contributed by atoms with van der Waals surface area (Å²) < 4.78 is 0. The molecule has 3 nitrogen and oxygen atoms in total. The van der Waals surface area contributed by atoms with Gasteiger partial charge in [0.2, 0.25) is 0 Å². The molecule has 4 heteroatoms. The molecule has 17 heavy (non-hydrogen) atoms. The minimum absolute atomic E-state index is 0.632. The zero-order valence-electron chi connectivity index (χ0n) is 10.9. The highest BCUT2D eigenvalue weighted by Crippen LogP contribution is 2.31. The molecule has 1 aromatic rings. The first kappa shape index (κ1) is 12.8. The van der Waals surface area contributed by atoms with Crippen LogP contribution in [0, 0.1) is 5.92 Å². The van der Waals surface area contributed by atoms with Gasteiger partial charge in [-0.1, -0.05) is 20.3 Å². The third-order valence-electron chi connectivity index (χ3n) is 3.54. The van der Waals surface area contributed by atoms with Gasteiger partial charge in [0.1, 0.15) is 0 Å². The molecular formula is C13H23N3S. The fourth-order valence-corrected chi connectivity index (χ4v) is 3.65. The number of aryl methyl sites for hydroxylation is 1. The summed E-state index contributed by atoms with van der Waals surface area (Å²) >= 11 is 1.79. The van der Waals surface area contributed by atoms with Gasteiger partial charge in [-0.05, 0) is 25.2 Å². The largest absolute Gasteiger partial charge is 0.348 e. The summed E-state index contributed by atoms with van der Waals surface area (Å²) in [6.45, 7) is 7.42. The van der Waals surface area contributed by atoms with Crippen molar-refractivity contribution in [2.75, 3.05) is 18.0 Å². The van der Waals surface area contributed by atoms with Crippen molar-refractivity contribution in [2.24, 2.45) is 11.7 Å². The molecule has 0 bridgehead atoms. The summed E-state index contributed by atoms with van der Waals surface area (Å²) in [5, 5.41) is 1.20. The van der Waals surface area contributed by atoms with Crippen molar-refractivity contribution in [3.05, 3.63) is 10.6 Å². The quantitative estimate of drug-likeness (QED) is 0.877. The van der Waals surface area contributed by atoms with E-state index in [-0.39, 0.29) is 0 Å². The summed E-state index contributed by atoms with van der Waals surface area (Å²) in [6.07, 6.45) is 4.97. The molecule has 2 rings (SSSR count). The molecule has 0 aliphatic carbocycles. The zero-order chi connectivity index (χ0) is 12.3. The Kier molecular flexibility index (Phi) is 4.40. The number of hydrogen-bond acceptors (Lipinski definition) is 4. The average molecular weight is 253 g/mol. The minimum atomic E-state index is 0.632. The monoisotopic (exact) mass is 253 g/mol. The number of rotatable bonds is 5. The maximum atomic E-state index is 5.77. The first-order chi connectivity index (χ1) is 8.28. The molecule has 2 N–H and O–H groups in total. The molecular weight excluding hydrogens is 230 g/mol. The minimum Gasteiger partial charge on any atom is -0.348 e. The Labute approximate surface area is 108 Å². The van der Waals surface area contributed by atoms with Gasteiger partial charge in [0.25, 0.3) is 0 Å². The normalized spacial score (nSPS) is 20.2. The summed E-state index contributed by atoms with van der Waals surface area (Å²) in [7, 11) is 0. The van der Waals surface area contributed by atoms with Gasteiger partial charge >= 0.3 is 0 Å². The standard InChI is InChI=1S/C13H23N3S/c1-3-5-10-6-7-16(9-10)13-15-11(4-2)12(8-14)17-13/h10H,3-9,14H2,1-2H3. The molecule has 2 heterocycles. The Morgan fingerprint density at radius 1 is 1.47 bits per heavy atom. The number of nitrogens with two attached hydrogens (primary N) is 1. The number of nitrogens with zero attached hydrogens (tertiary/aromatic N) is 2. The lowest BCUT2D eigenvalue weighted by Gasteiger charge is -2.14. The van der Waals surface area contributed by atoms with Crippen molar-refractivity contribution in [1.82, 2.24) is 4.98 Å². The van der Waals surface area contributed by atoms with Crippen LogP contribution in [0.15, 0.2) is 0 Å². The molecule has 0 amide bonds. The fourth-order valence-electron chi connectivity index (χ4n) is 2.59. The van der Waals surface area contributed by atoms with E-state index >= 15 is 0 Å². The summed E-state index contributed by atoms with van der Waals surface area (Å²) in [5.74, 6) is 0.871. The lowest BCUT2D eigenvalue weighted by molar-refractivity contribution is 0.530. The predicted octanol–water partition coefficient (Wildman–Crippen LogP) is 2.79. The second kappa shape index (κ2) is 5.83. The molecule has 0 saturated carbocycles. The van der Waals surface area contributed by atoms with Gasteiger partial charge in [0.05, 0.1) is 5.69 Å². The third kappa shape index (κ3) is 2.80. The van der Waals surface area contributed by atoms with E-state index in [2.05, 4.69) is 18.7 Å². The van der Waals surface area contributed by atoms with Crippen molar-refractivity contribution in [3.8, 4) is 0 Å². The van der Waals surface area contributed by atoms with E-state index < -0.39 is 0 Å². The SMILES string of the molecule is CCCC1CCN(c2nc(CC)c(CN)s2)C1. The predicted molar refractivity (Wildman–Crippen MR) is 74.6 cm³/mol. The van der Waals surface area contributed by atoms with Crippen LogP contribution in [-0.4, -0.2) is 18.1 Å². The molecule has 1 unspecified atom stereocenters. The van der Waals surface area contributed by atoms with Crippen LogP contribution in [0.2, 0.25) is 0 Å². The Balaban J connectivity index is 2.05. The van der Waals surface area contributed by atoms with E-state index in [0.717, 1.165) is 12.3 Å². The van der Waals surface area contributed by atoms with Crippen molar-refractivity contribution in [1.29, 1.82) is 0 Å². The zero-order valence-corrected chi connectivity index (χ0v) is 11.7. The highest BCUT2D eigenvalue weighted by atomic mass is 32.1. The van der Waals surface area contributed by atoms with E-state index in [1.807, 2.05) is 0 Å². The smallest absolute Gasteiger partial charge is 0.185 e. The first-order valence-corrected chi connectivity index (χ1v) is 7.53. The van der Waals surface area contributed by atoms with Crippen LogP contribution in [0.3, 0.4) is 0 Å². The molecule has 0 spiro atoms. The Morgan fingerprint density at radius 2 is 2.29 bits per heavy atom. The van der Waals surface area contributed by atoms with Crippen molar-refractivity contribution < 1.29 is 0 Å². The van der Waals surface area contributed by atoms with Gasteiger partial charge in [0.15, 0.2) is 5.13 Å². The fraction of sp³-hybridized carbons (Fsp3) is 0.769. The third-order valence-corrected chi connectivity index (χ3v) is 4.72. The Bertz CT molecular complexity index is 340. The van der Waals surface area contributed by atoms with Gasteiger partial charge in [0, 0.05) is 24.5 Å². The van der Waals surface area contributed by atoms with Crippen molar-refractivity contribution in [2.45, 2.75) is 46.1 Å². The maximum Gasteiger partial charge on any atom is 0.185 e. The highest BCUT2D eigenvalue weighted by molar-refractivity contribution is 7.15. The van der Waals surface area contributed by atoms with E-state index in [9.17, 15) is 0 Å². The summed E-state index contributed by atoms with van der Waals surface area (Å²) in [5.41, 5.74) is 6.97. The molecule has 0 aromatic carbocycles. The second-order valence-corrected chi connectivity index (χ2v) is 5.88. The summed E-state index contributed by atoms with van der Waals surface area (Å²) in [4.78, 5) is 8.45. The molecule has 1 saturated heterocycles. The average Bonchev–Trinajstić information content (AvgIpc) is 2.94. The molecule has 96 valence electrons. The van der Waals surface area contributed by atoms with E-state index in [1.54, 1.807) is 11.3 Å². The van der Waals surface area contributed by atoms with Gasteiger partial charge < -0.3 is 10.6 Å². The summed E-state index contributed by atoms with van der Waals surface area (Å²) in [6, 6.07) is 0.